The van der Waals surface area contributed by atoms with Crippen LogP contribution in [0.25, 0.3) is 0 Å². The molecule has 0 amide bonds. The maximum atomic E-state index is 10.0. The van der Waals surface area contributed by atoms with Crippen molar-refractivity contribution < 1.29 is 5.11 Å². The van der Waals surface area contributed by atoms with E-state index in [2.05, 4.69) is 39.5 Å². The third-order valence-electron chi connectivity index (χ3n) is 2.85. The van der Waals surface area contributed by atoms with Gasteiger partial charge in [0.1, 0.15) is 0 Å². The fourth-order valence-electron chi connectivity index (χ4n) is 2.78. The highest BCUT2D eigenvalue weighted by Gasteiger charge is 2.48. The van der Waals surface area contributed by atoms with E-state index in [0.717, 1.165) is 13.0 Å². The SMILES string of the molecule is CC1(O)CN(C(C)(C)C)C(C)(C)C1. The Labute approximate surface area is 81.9 Å². The van der Waals surface area contributed by atoms with Crippen molar-refractivity contribution in [2.45, 2.75) is 64.6 Å². The van der Waals surface area contributed by atoms with E-state index in [4.69, 9.17) is 0 Å². The summed E-state index contributed by atoms with van der Waals surface area (Å²) in [4.78, 5) is 2.39. The molecular formula is C11H23NO. The van der Waals surface area contributed by atoms with Crippen molar-refractivity contribution in [2.75, 3.05) is 6.54 Å². The van der Waals surface area contributed by atoms with Crippen LogP contribution in [-0.4, -0.2) is 33.2 Å². The van der Waals surface area contributed by atoms with Crippen molar-refractivity contribution in [1.29, 1.82) is 0 Å². The molecule has 0 aromatic rings. The van der Waals surface area contributed by atoms with Crippen LogP contribution in [0.4, 0.5) is 0 Å². The molecule has 1 saturated heterocycles. The summed E-state index contributed by atoms with van der Waals surface area (Å²) in [6.07, 6.45) is 0.858. The molecule has 0 spiro atoms. The second-order valence-electron chi connectivity index (χ2n) is 6.24. The van der Waals surface area contributed by atoms with Crippen molar-refractivity contribution in [1.82, 2.24) is 4.90 Å². The van der Waals surface area contributed by atoms with E-state index < -0.39 is 5.60 Å². The molecule has 1 atom stereocenters. The lowest BCUT2D eigenvalue weighted by Crippen LogP contribution is -2.50. The third-order valence-corrected chi connectivity index (χ3v) is 2.85. The second kappa shape index (κ2) is 2.71. The molecule has 1 rings (SSSR count). The van der Waals surface area contributed by atoms with Gasteiger partial charge in [-0.2, -0.15) is 0 Å². The highest BCUT2D eigenvalue weighted by molar-refractivity contribution is 5.03. The number of β-amino-alcohol motifs (C(OH)–C–C–N with tert-alkyl or cyclic N) is 1. The maximum Gasteiger partial charge on any atom is 0.0763 e. The van der Waals surface area contributed by atoms with Gasteiger partial charge in [-0.1, -0.05) is 0 Å². The first kappa shape index (κ1) is 11.0. The zero-order chi connectivity index (χ0) is 10.5. The van der Waals surface area contributed by atoms with Crippen LogP contribution in [0.5, 0.6) is 0 Å². The van der Waals surface area contributed by atoms with Crippen LogP contribution in [0, 0.1) is 0 Å². The molecular weight excluding hydrogens is 162 g/mol. The van der Waals surface area contributed by atoms with Crippen molar-refractivity contribution in [3.8, 4) is 0 Å². The van der Waals surface area contributed by atoms with Gasteiger partial charge in [-0.05, 0) is 48.0 Å². The monoisotopic (exact) mass is 185 g/mol. The maximum absolute atomic E-state index is 10.0. The Hall–Kier alpha value is -0.0800. The van der Waals surface area contributed by atoms with E-state index in [1.165, 1.54) is 0 Å². The van der Waals surface area contributed by atoms with Crippen LogP contribution in [0.3, 0.4) is 0 Å². The number of aliphatic hydroxyl groups is 1. The average molecular weight is 185 g/mol. The van der Waals surface area contributed by atoms with E-state index in [-0.39, 0.29) is 11.1 Å². The molecule has 0 saturated carbocycles. The van der Waals surface area contributed by atoms with Crippen LogP contribution >= 0.6 is 0 Å². The second-order valence-corrected chi connectivity index (χ2v) is 6.24. The molecule has 1 unspecified atom stereocenters. The van der Waals surface area contributed by atoms with Gasteiger partial charge in [0, 0.05) is 17.6 Å². The lowest BCUT2D eigenvalue weighted by atomic mass is 9.93. The Kier molecular flexibility index (Phi) is 2.29. The lowest BCUT2D eigenvalue weighted by molar-refractivity contribution is 0.0415. The molecule has 13 heavy (non-hydrogen) atoms. The summed E-state index contributed by atoms with van der Waals surface area (Å²) < 4.78 is 0. The standard InChI is InChI=1S/C11H23NO/c1-9(2,3)12-8-11(6,13)7-10(12,4)5/h13H,7-8H2,1-6H3. The van der Waals surface area contributed by atoms with Gasteiger partial charge in [-0.3, -0.25) is 4.90 Å². The number of hydrogen-bond acceptors (Lipinski definition) is 2. The molecule has 0 aromatic carbocycles. The first-order chi connectivity index (χ1) is 5.55. The highest BCUT2D eigenvalue weighted by Crippen LogP contribution is 2.39. The molecule has 0 aliphatic carbocycles. The van der Waals surface area contributed by atoms with Gasteiger partial charge < -0.3 is 5.11 Å². The molecule has 1 aliphatic heterocycles. The zero-order valence-corrected chi connectivity index (χ0v) is 9.81. The van der Waals surface area contributed by atoms with E-state index in [1.54, 1.807) is 0 Å². The van der Waals surface area contributed by atoms with Crippen LogP contribution in [0.15, 0.2) is 0 Å². The molecule has 1 fully saturated rings. The number of rotatable bonds is 0. The van der Waals surface area contributed by atoms with Crippen LogP contribution in [0.1, 0.15) is 48.0 Å². The highest BCUT2D eigenvalue weighted by atomic mass is 16.3. The summed E-state index contributed by atoms with van der Waals surface area (Å²) in [6.45, 7) is 13.7. The summed E-state index contributed by atoms with van der Waals surface area (Å²) in [7, 11) is 0. The quantitative estimate of drug-likeness (QED) is 0.624. The molecule has 2 nitrogen and oxygen atoms in total. The first-order valence-corrected chi connectivity index (χ1v) is 5.05. The van der Waals surface area contributed by atoms with Gasteiger partial charge in [0.2, 0.25) is 0 Å². The molecule has 1 aliphatic rings. The van der Waals surface area contributed by atoms with Crippen molar-refractivity contribution in [3.63, 3.8) is 0 Å². The topological polar surface area (TPSA) is 23.5 Å². The van der Waals surface area contributed by atoms with Gasteiger partial charge >= 0.3 is 0 Å². The van der Waals surface area contributed by atoms with E-state index >= 15 is 0 Å². The minimum atomic E-state index is -0.517. The van der Waals surface area contributed by atoms with Crippen molar-refractivity contribution in [3.05, 3.63) is 0 Å². The Balaban J connectivity index is 2.89. The first-order valence-electron chi connectivity index (χ1n) is 5.05. The lowest BCUT2D eigenvalue weighted by Gasteiger charge is -2.41. The van der Waals surface area contributed by atoms with Gasteiger partial charge in [-0.15, -0.1) is 0 Å². The van der Waals surface area contributed by atoms with E-state index in [1.807, 2.05) is 6.92 Å². The summed E-state index contributed by atoms with van der Waals surface area (Å²) >= 11 is 0. The fourth-order valence-corrected chi connectivity index (χ4v) is 2.78. The minimum absolute atomic E-state index is 0.113. The molecule has 78 valence electrons. The van der Waals surface area contributed by atoms with Crippen LogP contribution in [0.2, 0.25) is 0 Å². The summed E-state index contributed by atoms with van der Waals surface area (Å²) in [6, 6.07) is 0. The number of nitrogens with zero attached hydrogens (tertiary/aromatic N) is 1. The average Bonchev–Trinajstić information content (AvgIpc) is 1.97. The largest absolute Gasteiger partial charge is 0.389 e. The molecule has 2 heteroatoms. The zero-order valence-electron chi connectivity index (χ0n) is 9.81. The van der Waals surface area contributed by atoms with Crippen LogP contribution < -0.4 is 0 Å². The van der Waals surface area contributed by atoms with Crippen LogP contribution in [-0.2, 0) is 0 Å². The van der Waals surface area contributed by atoms with Crippen molar-refractivity contribution >= 4 is 0 Å². The Bertz CT molecular complexity index is 201. The van der Waals surface area contributed by atoms with Gasteiger partial charge in [-0.25, -0.2) is 0 Å². The predicted molar refractivity (Wildman–Crippen MR) is 55.8 cm³/mol. The number of likely N-dealkylation sites (tertiary alicyclic amines) is 1. The predicted octanol–water partition coefficient (Wildman–Crippen LogP) is 2.02. The summed E-state index contributed by atoms with van der Waals surface area (Å²) in [5.41, 5.74) is -0.261. The third kappa shape index (κ3) is 2.23. The van der Waals surface area contributed by atoms with E-state index in [9.17, 15) is 5.11 Å². The Morgan fingerprint density at radius 3 is 1.77 bits per heavy atom. The molecule has 0 aromatic heterocycles. The molecule has 1 heterocycles. The van der Waals surface area contributed by atoms with Crippen molar-refractivity contribution in [2.24, 2.45) is 0 Å². The van der Waals surface area contributed by atoms with Gasteiger partial charge in [0.15, 0.2) is 0 Å². The smallest absolute Gasteiger partial charge is 0.0763 e. The summed E-state index contributed by atoms with van der Waals surface area (Å²) in [5.74, 6) is 0. The summed E-state index contributed by atoms with van der Waals surface area (Å²) in [5, 5.41) is 10.0. The number of hydrogen-bond donors (Lipinski definition) is 1. The Morgan fingerprint density at radius 2 is 1.62 bits per heavy atom. The Morgan fingerprint density at radius 1 is 1.15 bits per heavy atom. The molecule has 1 N–H and O–H groups in total. The molecule has 0 bridgehead atoms. The fraction of sp³-hybridized carbons (Fsp3) is 1.00. The normalized spacial score (nSPS) is 35.3. The van der Waals surface area contributed by atoms with Gasteiger partial charge in [0.05, 0.1) is 5.60 Å². The van der Waals surface area contributed by atoms with E-state index in [0.29, 0.717) is 0 Å². The van der Waals surface area contributed by atoms with Gasteiger partial charge in [0.25, 0.3) is 0 Å². The minimum Gasteiger partial charge on any atom is -0.389 e. The molecule has 0 radical (unpaired) electrons.